The van der Waals surface area contributed by atoms with Crippen molar-refractivity contribution >= 4 is 17.7 Å². The molecule has 0 aromatic heterocycles. The molecule has 1 aromatic rings. The van der Waals surface area contributed by atoms with Crippen LogP contribution in [0.3, 0.4) is 0 Å². The Labute approximate surface area is 173 Å². The van der Waals surface area contributed by atoms with E-state index in [1.54, 1.807) is 0 Å². The second-order valence-electron chi connectivity index (χ2n) is 8.91. The highest BCUT2D eigenvalue weighted by Gasteiger charge is 2.40. The van der Waals surface area contributed by atoms with E-state index >= 15 is 0 Å². The van der Waals surface area contributed by atoms with Crippen molar-refractivity contribution in [2.24, 2.45) is 11.8 Å². The van der Waals surface area contributed by atoms with Crippen LogP contribution in [0.25, 0.3) is 0 Å². The lowest BCUT2D eigenvalue weighted by Crippen LogP contribution is -2.48. The van der Waals surface area contributed by atoms with E-state index in [4.69, 9.17) is 4.74 Å². The number of amides is 2. The first kappa shape index (κ1) is 20.2. The molecule has 1 saturated carbocycles. The second-order valence-corrected chi connectivity index (χ2v) is 8.91. The largest absolute Gasteiger partial charge is 0.469 e. The zero-order valence-corrected chi connectivity index (χ0v) is 17.7. The van der Waals surface area contributed by atoms with E-state index in [9.17, 15) is 9.59 Å². The predicted molar refractivity (Wildman–Crippen MR) is 113 cm³/mol. The number of urea groups is 1. The van der Waals surface area contributed by atoms with Crippen molar-refractivity contribution in [1.82, 2.24) is 9.80 Å². The summed E-state index contributed by atoms with van der Waals surface area (Å²) in [4.78, 5) is 30.9. The summed E-state index contributed by atoms with van der Waals surface area (Å²) in [5.41, 5.74) is 2.04. The van der Waals surface area contributed by atoms with E-state index in [0.717, 1.165) is 42.6 Å². The lowest BCUT2D eigenvalue weighted by atomic mass is 9.73. The highest BCUT2D eigenvalue weighted by atomic mass is 16.5. The van der Waals surface area contributed by atoms with E-state index in [1.807, 2.05) is 29.2 Å². The van der Waals surface area contributed by atoms with Crippen LogP contribution in [0.15, 0.2) is 24.3 Å². The van der Waals surface area contributed by atoms with Crippen LogP contribution in [0.1, 0.15) is 37.7 Å². The summed E-state index contributed by atoms with van der Waals surface area (Å²) in [5, 5.41) is 0. The minimum absolute atomic E-state index is 0.156. The lowest BCUT2D eigenvalue weighted by molar-refractivity contribution is -0.140. The van der Waals surface area contributed by atoms with Crippen molar-refractivity contribution in [2.75, 3.05) is 45.2 Å². The van der Waals surface area contributed by atoms with Gasteiger partial charge in [0.15, 0.2) is 0 Å². The lowest BCUT2D eigenvalue weighted by Gasteiger charge is -2.44. The number of ether oxygens (including phenoxy) is 1. The maximum atomic E-state index is 13.1. The number of benzene rings is 1. The number of carbonyl (C=O) groups is 2. The number of piperidine rings is 1. The molecule has 0 spiro atoms. The molecule has 0 radical (unpaired) electrons. The third-order valence-electron chi connectivity index (χ3n) is 7.12. The van der Waals surface area contributed by atoms with Crippen LogP contribution >= 0.6 is 0 Å². The Morgan fingerprint density at radius 1 is 1.07 bits per heavy atom. The minimum atomic E-state index is -0.196. The molecule has 0 N–H and O–H groups in total. The number of carbonyl (C=O) groups excluding carboxylic acids is 2. The Kier molecular flexibility index (Phi) is 6.09. The van der Waals surface area contributed by atoms with Gasteiger partial charge >= 0.3 is 12.0 Å². The van der Waals surface area contributed by atoms with Crippen LogP contribution < -0.4 is 4.90 Å². The quantitative estimate of drug-likeness (QED) is 0.714. The number of nitrogens with zero attached hydrogens (tertiary/aromatic N) is 3. The van der Waals surface area contributed by atoms with Gasteiger partial charge in [-0.3, -0.25) is 9.69 Å². The molecule has 2 heterocycles. The van der Waals surface area contributed by atoms with Crippen LogP contribution in [0, 0.1) is 11.8 Å². The normalized spacial score (nSPS) is 27.8. The molecule has 2 aliphatic heterocycles. The second kappa shape index (κ2) is 8.74. The van der Waals surface area contributed by atoms with E-state index in [-0.39, 0.29) is 12.0 Å². The molecule has 3 unspecified atom stereocenters. The summed E-state index contributed by atoms with van der Waals surface area (Å²) in [7, 11) is 3.64. The molecule has 3 atom stereocenters. The Morgan fingerprint density at radius 3 is 2.62 bits per heavy atom. The summed E-state index contributed by atoms with van der Waals surface area (Å²) >= 11 is 0. The Morgan fingerprint density at radius 2 is 1.86 bits per heavy atom. The number of aryl methyl sites for hydroxylation is 1. The van der Waals surface area contributed by atoms with E-state index < -0.39 is 0 Å². The fraction of sp³-hybridized carbons (Fsp3) is 0.652. The molecule has 1 aliphatic carbocycles. The van der Waals surface area contributed by atoms with Crippen LogP contribution in [-0.2, 0) is 16.0 Å². The molecule has 158 valence electrons. The van der Waals surface area contributed by atoms with Crippen molar-refractivity contribution in [3.8, 4) is 0 Å². The van der Waals surface area contributed by atoms with Crippen LogP contribution in [-0.4, -0.2) is 68.2 Å². The molecular weight excluding hydrogens is 366 g/mol. The van der Waals surface area contributed by atoms with Gasteiger partial charge in [0.05, 0.1) is 7.11 Å². The van der Waals surface area contributed by atoms with Gasteiger partial charge in [-0.15, -0.1) is 0 Å². The van der Waals surface area contributed by atoms with E-state index in [0.29, 0.717) is 18.9 Å². The van der Waals surface area contributed by atoms with Gasteiger partial charge in [-0.1, -0.05) is 12.1 Å². The number of likely N-dealkylation sites (tertiary alicyclic amines) is 1. The van der Waals surface area contributed by atoms with E-state index in [1.165, 1.54) is 39.5 Å². The Bertz CT molecular complexity index is 735. The molecule has 1 aromatic carbocycles. The van der Waals surface area contributed by atoms with Crippen LogP contribution in [0.4, 0.5) is 10.5 Å². The third kappa shape index (κ3) is 4.42. The van der Waals surface area contributed by atoms with Crippen molar-refractivity contribution in [3.63, 3.8) is 0 Å². The summed E-state index contributed by atoms with van der Waals surface area (Å²) in [6.07, 6.45) is 5.87. The number of methoxy groups -OCH3 is 1. The maximum Gasteiger partial charge on any atom is 0.324 e. The molecule has 6 heteroatoms. The minimum Gasteiger partial charge on any atom is -0.469 e. The van der Waals surface area contributed by atoms with Gasteiger partial charge in [-0.2, -0.15) is 0 Å². The third-order valence-corrected chi connectivity index (χ3v) is 7.12. The van der Waals surface area contributed by atoms with Crippen LogP contribution in [0.2, 0.25) is 0 Å². The van der Waals surface area contributed by atoms with Crippen molar-refractivity contribution in [3.05, 3.63) is 29.8 Å². The van der Waals surface area contributed by atoms with Gasteiger partial charge in [-0.25, -0.2) is 4.79 Å². The zero-order valence-electron chi connectivity index (χ0n) is 17.7. The number of fused-ring (bicyclic) bond motifs is 1. The van der Waals surface area contributed by atoms with Crippen LogP contribution in [0.5, 0.6) is 0 Å². The first-order valence-electron chi connectivity index (χ1n) is 11.0. The first-order chi connectivity index (χ1) is 14.0. The zero-order chi connectivity index (χ0) is 20.4. The molecule has 6 nitrogen and oxygen atoms in total. The fourth-order valence-corrected chi connectivity index (χ4v) is 5.38. The highest BCUT2D eigenvalue weighted by Crippen LogP contribution is 2.39. The number of esters is 1. The molecule has 0 bridgehead atoms. The highest BCUT2D eigenvalue weighted by molar-refractivity contribution is 5.94. The molecule has 3 fully saturated rings. The molecule has 29 heavy (non-hydrogen) atoms. The molecule has 4 rings (SSSR count). The fourth-order valence-electron chi connectivity index (χ4n) is 5.38. The predicted octanol–water partition coefficient (Wildman–Crippen LogP) is 3.15. The summed E-state index contributed by atoms with van der Waals surface area (Å²) in [6, 6.07) is 8.58. The number of hydrogen-bond acceptors (Lipinski definition) is 4. The van der Waals surface area contributed by atoms with Crippen molar-refractivity contribution in [2.45, 2.75) is 44.6 Å². The van der Waals surface area contributed by atoms with Crippen molar-refractivity contribution < 1.29 is 14.3 Å². The molecule has 2 saturated heterocycles. The van der Waals surface area contributed by atoms with Gasteiger partial charge < -0.3 is 14.5 Å². The number of rotatable bonds is 5. The molecule has 2 amide bonds. The maximum absolute atomic E-state index is 13.1. The van der Waals surface area contributed by atoms with Gasteiger partial charge in [0.1, 0.15) is 0 Å². The van der Waals surface area contributed by atoms with Gasteiger partial charge in [0.25, 0.3) is 0 Å². The smallest absolute Gasteiger partial charge is 0.324 e. The summed E-state index contributed by atoms with van der Waals surface area (Å²) < 4.78 is 4.70. The monoisotopic (exact) mass is 399 g/mol. The average Bonchev–Trinajstić information content (AvgIpc) is 3.13. The summed E-state index contributed by atoms with van der Waals surface area (Å²) in [6.45, 7) is 3.99. The SMILES string of the molecule is COC(=O)CCc1ccc(N2CCN(C3CCC4CN(C)CCC4C3)C2=O)cc1. The molecular formula is C23H33N3O3. The van der Waals surface area contributed by atoms with Crippen molar-refractivity contribution in [1.29, 1.82) is 0 Å². The topological polar surface area (TPSA) is 53.1 Å². The van der Waals surface area contributed by atoms with E-state index in [2.05, 4.69) is 16.8 Å². The van der Waals surface area contributed by atoms with Gasteiger partial charge in [-0.05, 0) is 75.2 Å². The average molecular weight is 400 g/mol. The van der Waals surface area contributed by atoms with Gasteiger partial charge in [0, 0.05) is 37.8 Å². The number of hydrogen-bond donors (Lipinski definition) is 0. The molecule has 3 aliphatic rings. The Balaban J connectivity index is 1.35. The number of anilines is 1. The first-order valence-corrected chi connectivity index (χ1v) is 11.0. The Hall–Kier alpha value is -2.08. The summed E-state index contributed by atoms with van der Waals surface area (Å²) in [5.74, 6) is 1.40. The van der Waals surface area contributed by atoms with Gasteiger partial charge in [0.2, 0.25) is 0 Å². The standard InChI is InChI=1S/C23H33N3O3/c1-24-12-11-18-15-21(9-6-19(18)16-24)26-14-13-25(23(26)28)20-7-3-17(4-8-20)5-10-22(27)29-2/h3-4,7-8,18-19,21H,5-6,9-16H2,1-2H3.